The summed E-state index contributed by atoms with van der Waals surface area (Å²) in [5.41, 5.74) is -0.335. The fourth-order valence-corrected chi connectivity index (χ4v) is 4.46. The van der Waals surface area contributed by atoms with Gasteiger partial charge in [0.25, 0.3) is 0 Å². The molecule has 0 saturated heterocycles. The molecule has 2 aliphatic rings. The molecule has 0 aliphatic heterocycles. The minimum absolute atomic E-state index is 0.335. The monoisotopic (exact) mass is 324 g/mol. The lowest BCUT2D eigenvalue weighted by molar-refractivity contribution is -0.0782. The second-order valence-corrected chi connectivity index (χ2v) is 6.51. The summed E-state index contributed by atoms with van der Waals surface area (Å²) in [7, 11) is 0. The first kappa shape index (κ1) is 11.4. The molecular formula is C11H18Br2O. The van der Waals surface area contributed by atoms with Gasteiger partial charge in [0.1, 0.15) is 0 Å². The maximum Gasteiger partial charge on any atom is 0.0656 e. The normalized spacial score (nSPS) is 47.8. The molecule has 2 atom stereocenters. The first-order chi connectivity index (χ1) is 6.65. The molecule has 0 aromatic carbocycles. The molecule has 2 rings (SSSR count). The molecule has 0 spiro atoms. The van der Waals surface area contributed by atoms with Crippen LogP contribution in [0.3, 0.4) is 0 Å². The van der Waals surface area contributed by atoms with Crippen molar-refractivity contribution in [1.29, 1.82) is 0 Å². The van der Waals surface area contributed by atoms with Crippen molar-refractivity contribution in [3.05, 3.63) is 0 Å². The average Bonchev–Trinajstić information content (AvgIpc) is 2.14. The van der Waals surface area contributed by atoms with Gasteiger partial charge in [0, 0.05) is 10.7 Å². The maximum atomic E-state index is 10.5. The van der Waals surface area contributed by atoms with Crippen LogP contribution in [0.25, 0.3) is 0 Å². The topological polar surface area (TPSA) is 20.2 Å². The third kappa shape index (κ3) is 2.35. The van der Waals surface area contributed by atoms with Crippen molar-refractivity contribution in [2.24, 2.45) is 17.8 Å². The number of hydrogen-bond donors (Lipinski definition) is 1. The molecular weight excluding hydrogens is 308 g/mol. The largest absolute Gasteiger partial charge is 0.390 e. The highest BCUT2D eigenvalue weighted by molar-refractivity contribution is 9.09. The van der Waals surface area contributed by atoms with Crippen molar-refractivity contribution >= 4 is 31.9 Å². The van der Waals surface area contributed by atoms with Crippen LogP contribution in [-0.2, 0) is 0 Å². The number of alkyl halides is 2. The van der Waals surface area contributed by atoms with E-state index in [4.69, 9.17) is 0 Å². The summed E-state index contributed by atoms with van der Waals surface area (Å²) >= 11 is 7.11. The van der Waals surface area contributed by atoms with Gasteiger partial charge in [-0.05, 0) is 49.9 Å². The quantitative estimate of drug-likeness (QED) is 0.772. The van der Waals surface area contributed by atoms with Crippen LogP contribution in [-0.4, -0.2) is 21.4 Å². The molecule has 14 heavy (non-hydrogen) atoms. The molecule has 2 bridgehead atoms. The molecule has 0 amide bonds. The van der Waals surface area contributed by atoms with Crippen molar-refractivity contribution in [3.63, 3.8) is 0 Å². The van der Waals surface area contributed by atoms with E-state index < -0.39 is 0 Å². The molecule has 2 saturated carbocycles. The Morgan fingerprint density at radius 1 is 1.00 bits per heavy atom. The van der Waals surface area contributed by atoms with Crippen molar-refractivity contribution in [2.75, 3.05) is 10.7 Å². The molecule has 0 heterocycles. The molecule has 2 unspecified atom stereocenters. The van der Waals surface area contributed by atoms with E-state index >= 15 is 0 Å². The van der Waals surface area contributed by atoms with Gasteiger partial charge in [-0.15, -0.1) is 0 Å². The van der Waals surface area contributed by atoms with Gasteiger partial charge in [0.2, 0.25) is 0 Å². The predicted octanol–water partition coefficient (Wildman–Crippen LogP) is 3.33. The lowest BCUT2D eigenvalue weighted by atomic mass is 9.63. The molecule has 1 nitrogen and oxygen atoms in total. The zero-order valence-electron chi connectivity index (χ0n) is 8.38. The van der Waals surface area contributed by atoms with E-state index in [1.807, 2.05) is 0 Å². The van der Waals surface area contributed by atoms with Crippen LogP contribution in [0.2, 0.25) is 0 Å². The van der Waals surface area contributed by atoms with Gasteiger partial charge in [-0.2, -0.15) is 0 Å². The average molecular weight is 326 g/mol. The van der Waals surface area contributed by atoms with Crippen LogP contribution >= 0.6 is 31.9 Å². The fraction of sp³-hybridized carbons (Fsp3) is 1.00. The maximum absolute atomic E-state index is 10.5. The summed E-state index contributed by atoms with van der Waals surface area (Å²) < 4.78 is 0. The van der Waals surface area contributed by atoms with Crippen molar-refractivity contribution in [2.45, 2.75) is 37.7 Å². The highest BCUT2D eigenvalue weighted by Gasteiger charge is 2.44. The number of halogens is 2. The summed E-state index contributed by atoms with van der Waals surface area (Å²) in [5, 5.41) is 12.6. The molecule has 3 heteroatoms. The van der Waals surface area contributed by atoms with Gasteiger partial charge in [-0.25, -0.2) is 0 Å². The van der Waals surface area contributed by atoms with Gasteiger partial charge in [-0.3, -0.25) is 0 Å². The Morgan fingerprint density at radius 2 is 1.50 bits per heavy atom. The third-order valence-corrected chi connectivity index (χ3v) is 5.61. The van der Waals surface area contributed by atoms with Gasteiger partial charge >= 0.3 is 0 Å². The summed E-state index contributed by atoms with van der Waals surface area (Å²) in [6, 6.07) is 0. The number of aliphatic hydroxyl groups is 1. The lowest BCUT2D eigenvalue weighted by Crippen LogP contribution is -2.46. The van der Waals surface area contributed by atoms with E-state index in [9.17, 15) is 5.11 Å². The van der Waals surface area contributed by atoms with Crippen LogP contribution in [0.15, 0.2) is 0 Å². The predicted molar refractivity (Wildman–Crippen MR) is 66.1 cm³/mol. The molecule has 1 N–H and O–H groups in total. The Kier molecular flexibility index (Phi) is 3.60. The zero-order valence-corrected chi connectivity index (χ0v) is 11.6. The van der Waals surface area contributed by atoms with Crippen molar-refractivity contribution < 1.29 is 5.11 Å². The summed E-state index contributed by atoms with van der Waals surface area (Å²) in [6.45, 7) is 0. The highest BCUT2D eigenvalue weighted by Crippen LogP contribution is 2.48. The van der Waals surface area contributed by atoms with E-state index in [1.54, 1.807) is 0 Å². The standard InChI is InChI=1S/C11H18Br2O/c12-6-9-1-8-2-10(7-13)5-11(14,3-8)4-9/h8-10,14H,1-7H2. The van der Waals surface area contributed by atoms with E-state index in [0.717, 1.165) is 35.8 Å². The molecule has 0 aromatic heterocycles. The third-order valence-electron chi connectivity index (χ3n) is 3.78. The molecule has 82 valence electrons. The number of rotatable bonds is 2. The first-order valence-electron chi connectivity index (χ1n) is 5.49. The van der Waals surface area contributed by atoms with Crippen molar-refractivity contribution in [1.82, 2.24) is 0 Å². The minimum Gasteiger partial charge on any atom is -0.390 e. The smallest absolute Gasteiger partial charge is 0.0656 e. The SMILES string of the molecule is OC12CC(CBr)CC(CC(CBr)C1)C2. The Bertz CT molecular complexity index is 191. The molecule has 2 fully saturated rings. The number of fused-ring (bicyclic) bond motifs is 2. The van der Waals surface area contributed by atoms with Gasteiger partial charge in [0.15, 0.2) is 0 Å². The summed E-state index contributed by atoms with van der Waals surface area (Å²) in [4.78, 5) is 0. The Hall–Kier alpha value is 0.920. The fourth-order valence-electron chi connectivity index (χ4n) is 3.47. The van der Waals surface area contributed by atoms with E-state index in [0.29, 0.717) is 11.8 Å². The first-order valence-corrected chi connectivity index (χ1v) is 7.74. The second kappa shape index (κ2) is 4.42. The Balaban J connectivity index is 2.05. The Morgan fingerprint density at radius 3 is 1.86 bits per heavy atom. The van der Waals surface area contributed by atoms with Gasteiger partial charge in [0.05, 0.1) is 5.60 Å². The Labute approximate surface area is 103 Å². The van der Waals surface area contributed by atoms with E-state index in [-0.39, 0.29) is 5.60 Å². The minimum atomic E-state index is -0.335. The van der Waals surface area contributed by atoms with E-state index in [1.165, 1.54) is 12.8 Å². The molecule has 0 aromatic rings. The van der Waals surface area contributed by atoms with Gasteiger partial charge in [-0.1, -0.05) is 31.9 Å². The van der Waals surface area contributed by atoms with Crippen LogP contribution in [0.4, 0.5) is 0 Å². The summed E-state index contributed by atoms with van der Waals surface area (Å²) in [5.74, 6) is 2.18. The molecule has 2 aliphatic carbocycles. The highest BCUT2D eigenvalue weighted by atomic mass is 79.9. The van der Waals surface area contributed by atoms with Crippen LogP contribution in [0, 0.1) is 17.8 Å². The second-order valence-electron chi connectivity index (χ2n) is 5.21. The van der Waals surface area contributed by atoms with Crippen molar-refractivity contribution in [3.8, 4) is 0 Å². The van der Waals surface area contributed by atoms with Crippen LogP contribution in [0.5, 0.6) is 0 Å². The van der Waals surface area contributed by atoms with Crippen LogP contribution < -0.4 is 0 Å². The zero-order chi connectivity index (χ0) is 10.2. The summed E-state index contributed by atoms with van der Waals surface area (Å²) in [6.07, 6.45) is 5.71. The van der Waals surface area contributed by atoms with E-state index in [2.05, 4.69) is 31.9 Å². The number of hydrogen-bond acceptors (Lipinski definition) is 1. The lowest BCUT2D eigenvalue weighted by Gasteiger charge is -2.47. The van der Waals surface area contributed by atoms with Gasteiger partial charge < -0.3 is 5.11 Å². The molecule has 0 radical (unpaired) electrons. The van der Waals surface area contributed by atoms with Crippen LogP contribution in [0.1, 0.15) is 32.1 Å².